The lowest BCUT2D eigenvalue weighted by Crippen LogP contribution is -2.32. The summed E-state index contributed by atoms with van der Waals surface area (Å²) in [5.41, 5.74) is 0.524. The molecule has 0 radical (unpaired) electrons. The van der Waals surface area contributed by atoms with Crippen molar-refractivity contribution in [3.8, 4) is 0 Å². The van der Waals surface area contributed by atoms with Gasteiger partial charge in [-0.25, -0.2) is 13.1 Å². The molecule has 7 heteroatoms. The fraction of sp³-hybridized carbons (Fsp3) is 0.500. The van der Waals surface area contributed by atoms with E-state index < -0.39 is 10.0 Å². The zero-order valence-electron chi connectivity index (χ0n) is 14.2. The van der Waals surface area contributed by atoms with Crippen molar-refractivity contribution in [1.82, 2.24) is 9.62 Å². The van der Waals surface area contributed by atoms with Gasteiger partial charge in [0.25, 0.3) is 5.91 Å². The van der Waals surface area contributed by atoms with Crippen molar-refractivity contribution in [3.05, 3.63) is 30.0 Å². The van der Waals surface area contributed by atoms with Crippen LogP contribution in [0.15, 0.2) is 33.6 Å². The second-order valence-electron chi connectivity index (χ2n) is 6.99. The summed E-state index contributed by atoms with van der Waals surface area (Å²) in [4.78, 5) is 14.6. The molecule has 0 bridgehead atoms. The van der Waals surface area contributed by atoms with Gasteiger partial charge in [0, 0.05) is 24.5 Å². The second kappa shape index (κ2) is 6.14. The zero-order valence-corrected chi connectivity index (χ0v) is 15.0. The van der Waals surface area contributed by atoms with Crippen molar-refractivity contribution >= 4 is 26.9 Å². The minimum Gasteiger partial charge on any atom is -0.451 e. The summed E-state index contributed by atoms with van der Waals surface area (Å²) in [7, 11) is -3.52. The first-order valence-electron chi connectivity index (χ1n) is 8.81. The third kappa shape index (κ3) is 3.57. The van der Waals surface area contributed by atoms with Crippen LogP contribution in [-0.4, -0.2) is 38.4 Å². The molecule has 1 aromatic carbocycles. The normalized spacial score (nSPS) is 17.8. The van der Waals surface area contributed by atoms with Crippen molar-refractivity contribution in [2.75, 3.05) is 13.1 Å². The first-order valence-corrected chi connectivity index (χ1v) is 10.3. The van der Waals surface area contributed by atoms with Gasteiger partial charge in [0.2, 0.25) is 10.0 Å². The largest absolute Gasteiger partial charge is 0.451 e. The molecule has 0 aliphatic heterocycles. The fourth-order valence-corrected chi connectivity index (χ4v) is 4.25. The SMILES string of the molecule is CCN(CC1CC1)C(=O)c1cc2cc(S(=O)(=O)NC3CC3)ccc2o1. The van der Waals surface area contributed by atoms with E-state index >= 15 is 0 Å². The average Bonchev–Trinajstić information content (AvgIpc) is 3.51. The molecule has 1 amide bonds. The number of amides is 1. The van der Waals surface area contributed by atoms with E-state index in [0.717, 1.165) is 19.4 Å². The lowest BCUT2D eigenvalue weighted by molar-refractivity contribution is 0.0727. The van der Waals surface area contributed by atoms with Gasteiger partial charge in [0.1, 0.15) is 5.58 Å². The molecule has 25 heavy (non-hydrogen) atoms. The summed E-state index contributed by atoms with van der Waals surface area (Å²) in [6, 6.07) is 6.40. The number of carbonyl (C=O) groups is 1. The van der Waals surface area contributed by atoms with Gasteiger partial charge in [-0.2, -0.15) is 0 Å². The Balaban J connectivity index is 1.60. The number of fused-ring (bicyclic) bond motifs is 1. The highest BCUT2D eigenvalue weighted by atomic mass is 32.2. The summed E-state index contributed by atoms with van der Waals surface area (Å²) in [6.45, 7) is 3.35. The molecule has 2 aliphatic rings. The van der Waals surface area contributed by atoms with E-state index in [4.69, 9.17) is 4.42 Å². The topological polar surface area (TPSA) is 79.6 Å². The van der Waals surface area contributed by atoms with E-state index in [9.17, 15) is 13.2 Å². The van der Waals surface area contributed by atoms with Crippen LogP contribution in [0.4, 0.5) is 0 Å². The van der Waals surface area contributed by atoms with Crippen LogP contribution >= 0.6 is 0 Å². The van der Waals surface area contributed by atoms with Crippen LogP contribution in [0.1, 0.15) is 43.2 Å². The van der Waals surface area contributed by atoms with Gasteiger partial charge in [-0.05, 0) is 62.8 Å². The van der Waals surface area contributed by atoms with Crippen LogP contribution in [0.3, 0.4) is 0 Å². The first-order chi connectivity index (χ1) is 12.0. The molecule has 0 unspecified atom stereocenters. The van der Waals surface area contributed by atoms with Crippen molar-refractivity contribution in [2.24, 2.45) is 5.92 Å². The summed E-state index contributed by atoms with van der Waals surface area (Å²) in [5, 5.41) is 0.629. The average molecular weight is 362 g/mol. The third-order valence-corrected chi connectivity index (χ3v) is 6.27. The van der Waals surface area contributed by atoms with Gasteiger partial charge >= 0.3 is 0 Å². The van der Waals surface area contributed by atoms with Crippen LogP contribution in [0.5, 0.6) is 0 Å². The van der Waals surface area contributed by atoms with Crippen molar-refractivity contribution in [3.63, 3.8) is 0 Å². The Labute approximate surface area is 147 Å². The Morgan fingerprint density at radius 2 is 2.00 bits per heavy atom. The number of rotatable bonds is 7. The van der Waals surface area contributed by atoms with E-state index in [-0.39, 0.29) is 22.6 Å². The van der Waals surface area contributed by atoms with Gasteiger partial charge in [-0.1, -0.05) is 0 Å². The lowest BCUT2D eigenvalue weighted by Gasteiger charge is -2.19. The van der Waals surface area contributed by atoms with Crippen LogP contribution in [-0.2, 0) is 10.0 Å². The number of nitrogens with zero attached hydrogens (tertiary/aromatic N) is 1. The Morgan fingerprint density at radius 3 is 2.64 bits per heavy atom. The number of furan rings is 1. The molecule has 4 rings (SSSR count). The van der Waals surface area contributed by atoms with E-state index in [0.29, 0.717) is 23.4 Å². The molecule has 0 saturated heterocycles. The summed E-state index contributed by atoms with van der Waals surface area (Å²) in [6.07, 6.45) is 4.14. The fourth-order valence-electron chi connectivity index (χ4n) is 2.91. The molecule has 2 saturated carbocycles. The van der Waals surface area contributed by atoms with Gasteiger partial charge in [-0.15, -0.1) is 0 Å². The number of carbonyl (C=O) groups excluding carboxylic acids is 1. The zero-order chi connectivity index (χ0) is 17.6. The van der Waals surface area contributed by atoms with Crippen molar-refractivity contribution < 1.29 is 17.6 Å². The Hall–Kier alpha value is -1.86. The number of benzene rings is 1. The number of nitrogens with one attached hydrogen (secondary N) is 1. The van der Waals surface area contributed by atoms with Gasteiger partial charge < -0.3 is 9.32 Å². The Morgan fingerprint density at radius 1 is 1.24 bits per heavy atom. The van der Waals surface area contributed by atoms with Gasteiger partial charge in [-0.3, -0.25) is 4.79 Å². The minimum absolute atomic E-state index is 0.0581. The molecule has 6 nitrogen and oxygen atoms in total. The second-order valence-corrected chi connectivity index (χ2v) is 8.71. The standard InChI is InChI=1S/C18H22N2O4S/c1-2-20(11-12-3-4-12)18(21)17-10-13-9-15(7-8-16(13)24-17)25(22,23)19-14-5-6-14/h7-10,12,14,19H,2-6,11H2,1H3. The third-order valence-electron chi connectivity index (χ3n) is 4.75. The van der Waals surface area contributed by atoms with Crippen LogP contribution in [0.2, 0.25) is 0 Å². The predicted molar refractivity (Wildman–Crippen MR) is 93.9 cm³/mol. The minimum atomic E-state index is -3.52. The molecule has 1 N–H and O–H groups in total. The molecule has 134 valence electrons. The highest BCUT2D eigenvalue weighted by Gasteiger charge is 2.29. The Bertz CT molecular complexity index is 910. The van der Waals surface area contributed by atoms with E-state index in [1.165, 1.54) is 18.9 Å². The molecule has 1 heterocycles. The maximum Gasteiger partial charge on any atom is 0.289 e. The Kier molecular flexibility index (Phi) is 4.08. The monoisotopic (exact) mass is 362 g/mol. The highest BCUT2D eigenvalue weighted by molar-refractivity contribution is 7.89. The number of hydrogen-bond donors (Lipinski definition) is 1. The summed E-state index contributed by atoms with van der Waals surface area (Å²) >= 11 is 0. The first kappa shape index (κ1) is 16.6. The summed E-state index contributed by atoms with van der Waals surface area (Å²) in [5.74, 6) is 0.742. The lowest BCUT2D eigenvalue weighted by atomic mass is 10.2. The molecule has 2 fully saturated rings. The molecule has 2 aromatic rings. The molecule has 0 atom stereocenters. The molecule has 2 aliphatic carbocycles. The quantitative estimate of drug-likeness (QED) is 0.821. The van der Waals surface area contributed by atoms with Crippen LogP contribution in [0.25, 0.3) is 11.0 Å². The van der Waals surface area contributed by atoms with Crippen molar-refractivity contribution in [2.45, 2.75) is 43.5 Å². The number of hydrogen-bond acceptors (Lipinski definition) is 4. The maximum absolute atomic E-state index is 12.6. The van der Waals surface area contributed by atoms with E-state index in [1.807, 2.05) is 6.92 Å². The smallest absolute Gasteiger partial charge is 0.289 e. The number of sulfonamides is 1. The van der Waals surface area contributed by atoms with Crippen molar-refractivity contribution in [1.29, 1.82) is 0 Å². The summed E-state index contributed by atoms with van der Waals surface area (Å²) < 4.78 is 33.0. The highest BCUT2D eigenvalue weighted by Crippen LogP contribution is 2.31. The van der Waals surface area contributed by atoms with Crippen LogP contribution < -0.4 is 4.72 Å². The molecular formula is C18H22N2O4S. The van der Waals surface area contributed by atoms with Gasteiger partial charge in [0.05, 0.1) is 4.90 Å². The van der Waals surface area contributed by atoms with E-state index in [1.54, 1.807) is 23.1 Å². The predicted octanol–water partition coefficient (Wildman–Crippen LogP) is 2.75. The molecular weight excluding hydrogens is 340 g/mol. The molecule has 1 aromatic heterocycles. The molecule has 0 spiro atoms. The van der Waals surface area contributed by atoms with E-state index in [2.05, 4.69) is 4.72 Å². The van der Waals surface area contributed by atoms with Crippen LogP contribution in [0, 0.1) is 5.92 Å². The maximum atomic E-state index is 12.6. The van der Waals surface area contributed by atoms with Gasteiger partial charge in [0.15, 0.2) is 5.76 Å².